The normalized spacial score (nSPS) is 19.6. The first-order valence-electron chi connectivity index (χ1n) is 10.5. The van der Waals surface area contributed by atoms with Gasteiger partial charge < -0.3 is 4.90 Å². The smallest absolute Gasteiger partial charge is 0.247 e. The average Bonchev–Trinajstić information content (AvgIpc) is 3.20. The number of hydrogen-bond donors (Lipinski definition) is 2. The van der Waals surface area contributed by atoms with Crippen molar-refractivity contribution in [2.75, 3.05) is 31.4 Å². The number of carbonyl (C=O) groups is 2. The Kier molecular flexibility index (Phi) is 9.17. The van der Waals surface area contributed by atoms with E-state index in [1.165, 1.54) is 12.8 Å². The fourth-order valence-electron chi connectivity index (χ4n) is 4.11. The standard InChI is InChI=1S/C19H35N3O5S/c1-2-28(26,27)15-20-14-22(25)18(23)13-17(12-16-8-4-5-9-16)19(24)21-10-6-3-7-11-21/h16-17,20,25H,2-15H2,1H3/t17-/m1/s1. The van der Waals surface area contributed by atoms with Gasteiger partial charge in [-0.25, -0.2) is 13.5 Å². The minimum absolute atomic E-state index is 0.00677. The largest absolute Gasteiger partial charge is 0.342 e. The molecule has 162 valence electrons. The van der Waals surface area contributed by atoms with Crippen molar-refractivity contribution >= 4 is 21.7 Å². The summed E-state index contributed by atoms with van der Waals surface area (Å²) in [4.78, 5) is 27.3. The van der Waals surface area contributed by atoms with Crippen LogP contribution >= 0.6 is 0 Å². The molecule has 1 saturated carbocycles. The first-order valence-corrected chi connectivity index (χ1v) is 12.3. The molecular weight excluding hydrogens is 382 g/mol. The summed E-state index contributed by atoms with van der Waals surface area (Å²) in [5, 5.41) is 13.1. The number of nitrogens with one attached hydrogen (secondary N) is 1. The van der Waals surface area contributed by atoms with E-state index in [9.17, 15) is 23.2 Å². The number of rotatable bonds is 10. The molecule has 2 N–H and O–H groups in total. The van der Waals surface area contributed by atoms with Crippen LogP contribution in [0.25, 0.3) is 0 Å². The first-order chi connectivity index (χ1) is 13.3. The minimum atomic E-state index is -3.23. The van der Waals surface area contributed by atoms with Crippen LogP contribution < -0.4 is 5.32 Å². The predicted molar refractivity (Wildman–Crippen MR) is 106 cm³/mol. The molecule has 28 heavy (non-hydrogen) atoms. The maximum Gasteiger partial charge on any atom is 0.247 e. The lowest BCUT2D eigenvalue weighted by Gasteiger charge is -2.31. The molecule has 1 aliphatic carbocycles. The van der Waals surface area contributed by atoms with Crippen LogP contribution in [0.1, 0.15) is 64.7 Å². The number of amides is 2. The second kappa shape index (κ2) is 11.1. The van der Waals surface area contributed by atoms with Gasteiger partial charge in [0.25, 0.3) is 0 Å². The molecule has 0 spiro atoms. The zero-order valence-corrected chi connectivity index (χ0v) is 17.8. The van der Waals surface area contributed by atoms with Gasteiger partial charge in [-0.15, -0.1) is 0 Å². The van der Waals surface area contributed by atoms with Crippen molar-refractivity contribution in [3.63, 3.8) is 0 Å². The molecule has 0 aromatic heterocycles. The molecule has 9 heteroatoms. The number of nitrogens with zero attached hydrogens (tertiary/aromatic N) is 2. The maximum atomic E-state index is 13.0. The van der Waals surface area contributed by atoms with Gasteiger partial charge >= 0.3 is 0 Å². The molecule has 2 aliphatic rings. The Balaban J connectivity index is 1.91. The minimum Gasteiger partial charge on any atom is -0.342 e. The third kappa shape index (κ3) is 7.33. The first kappa shape index (κ1) is 23.1. The van der Waals surface area contributed by atoms with Crippen LogP contribution in [0.3, 0.4) is 0 Å². The summed E-state index contributed by atoms with van der Waals surface area (Å²) in [5.74, 6) is -0.780. The zero-order chi connectivity index (χ0) is 20.6. The van der Waals surface area contributed by atoms with Crippen LogP contribution in [0.15, 0.2) is 0 Å². The predicted octanol–water partition coefficient (Wildman–Crippen LogP) is 1.74. The average molecular weight is 418 g/mol. The summed E-state index contributed by atoms with van der Waals surface area (Å²) < 4.78 is 23.0. The highest BCUT2D eigenvalue weighted by Gasteiger charge is 2.32. The highest BCUT2D eigenvalue weighted by Crippen LogP contribution is 2.32. The molecular formula is C19H35N3O5S. The van der Waals surface area contributed by atoms with E-state index in [1.54, 1.807) is 6.92 Å². The van der Waals surface area contributed by atoms with Crippen LogP contribution in [0.4, 0.5) is 0 Å². The molecule has 0 bridgehead atoms. The number of likely N-dealkylation sites (tertiary alicyclic amines) is 1. The summed E-state index contributed by atoms with van der Waals surface area (Å²) in [6.07, 6.45) is 8.31. The Labute approximate surface area is 168 Å². The molecule has 0 unspecified atom stereocenters. The van der Waals surface area contributed by atoms with Gasteiger partial charge in [-0.1, -0.05) is 32.6 Å². The Morgan fingerprint density at radius 3 is 2.39 bits per heavy atom. The number of hydrogen-bond acceptors (Lipinski definition) is 6. The van der Waals surface area contributed by atoms with E-state index in [1.807, 2.05) is 4.90 Å². The summed E-state index contributed by atoms with van der Waals surface area (Å²) in [7, 11) is -3.23. The van der Waals surface area contributed by atoms with Crippen molar-refractivity contribution in [2.24, 2.45) is 11.8 Å². The lowest BCUT2D eigenvalue weighted by molar-refractivity contribution is -0.169. The topological polar surface area (TPSA) is 107 Å². The maximum absolute atomic E-state index is 13.0. The molecule has 2 amide bonds. The van der Waals surface area contributed by atoms with Gasteiger partial charge in [0.15, 0.2) is 9.84 Å². The van der Waals surface area contributed by atoms with Crippen molar-refractivity contribution in [2.45, 2.75) is 64.7 Å². The molecule has 2 fully saturated rings. The molecule has 0 aromatic rings. The SMILES string of the molecule is CCS(=O)(=O)CNCN(O)C(=O)C[C@@H](CC1CCCC1)C(=O)N1CCCCC1. The summed E-state index contributed by atoms with van der Waals surface area (Å²) in [6.45, 7) is 2.76. The van der Waals surface area contributed by atoms with Crippen molar-refractivity contribution < 1.29 is 23.2 Å². The molecule has 1 heterocycles. The Morgan fingerprint density at radius 1 is 1.14 bits per heavy atom. The van der Waals surface area contributed by atoms with E-state index in [4.69, 9.17) is 0 Å². The van der Waals surface area contributed by atoms with Gasteiger partial charge in [-0.3, -0.25) is 20.1 Å². The zero-order valence-electron chi connectivity index (χ0n) is 16.9. The van der Waals surface area contributed by atoms with E-state index in [2.05, 4.69) is 5.32 Å². The third-order valence-corrected chi connectivity index (χ3v) is 7.37. The van der Waals surface area contributed by atoms with Crippen molar-refractivity contribution in [1.29, 1.82) is 0 Å². The highest BCUT2D eigenvalue weighted by molar-refractivity contribution is 7.91. The Morgan fingerprint density at radius 2 is 1.79 bits per heavy atom. The molecule has 1 atom stereocenters. The molecule has 0 aromatic carbocycles. The van der Waals surface area contributed by atoms with Gasteiger partial charge in [0, 0.05) is 31.2 Å². The van der Waals surface area contributed by atoms with E-state index in [-0.39, 0.29) is 30.6 Å². The van der Waals surface area contributed by atoms with Gasteiger partial charge in [0.05, 0.1) is 6.67 Å². The van der Waals surface area contributed by atoms with Gasteiger partial charge in [0.2, 0.25) is 11.8 Å². The lowest BCUT2D eigenvalue weighted by Crippen LogP contribution is -2.43. The Hall–Kier alpha value is -1.19. The van der Waals surface area contributed by atoms with Crippen molar-refractivity contribution in [3.8, 4) is 0 Å². The fourth-order valence-corrected chi connectivity index (χ4v) is 4.71. The second-order valence-corrected chi connectivity index (χ2v) is 10.4. The van der Waals surface area contributed by atoms with E-state index < -0.39 is 21.7 Å². The highest BCUT2D eigenvalue weighted by atomic mass is 32.2. The third-order valence-electron chi connectivity index (χ3n) is 5.84. The van der Waals surface area contributed by atoms with Crippen LogP contribution in [0.5, 0.6) is 0 Å². The molecule has 1 saturated heterocycles. The van der Waals surface area contributed by atoms with E-state index in [0.717, 1.165) is 45.2 Å². The second-order valence-electron chi connectivity index (χ2n) is 8.05. The quantitative estimate of drug-likeness (QED) is 0.319. The molecule has 1 aliphatic heterocycles. The number of piperidine rings is 1. The van der Waals surface area contributed by atoms with Crippen molar-refractivity contribution in [3.05, 3.63) is 0 Å². The Bertz CT molecular complexity index is 613. The monoisotopic (exact) mass is 417 g/mol. The number of hydroxylamine groups is 2. The fraction of sp³-hybridized carbons (Fsp3) is 0.895. The molecule has 8 nitrogen and oxygen atoms in total. The van der Waals surface area contributed by atoms with Crippen LogP contribution in [-0.2, 0) is 19.4 Å². The van der Waals surface area contributed by atoms with E-state index >= 15 is 0 Å². The van der Waals surface area contributed by atoms with Crippen LogP contribution in [0, 0.1) is 11.8 Å². The summed E-state index contributed by atoms with van der Waals surface area (Å²) >= 11 is 0. The molecule has 2 rings (SSSR count). The number of sulfone groups is 1. The van der Waals surface area contributed by atoms with Gasteiger partial charge in [0.1, 0.15) is 5.88 Å². The van der Waals surface area contributed by atoms with Crippen LogP contribution in [0.2, 0.25) is 0 Å². The summed E-state index contributed by atoms with van der Waals surface area (Å²) in [5.41, 5.74) is 0. The van der Waals surface area contributed by atoms with E-state index in [0.29, 0.717) is 17.4 Å². The van der Waals surface area contributed by atoms with Gasteiger partial charge in [-0.2, -0.15) is 0 Å². The van der Waals surface area contributed by atoms with Crippen molar-refractivity contribution in [1.82, 2.24) is 15.3 Å². The van der Waals surface area contributed by atoms with Crippen LogP contribution in [-0.4, -0.2) is 66.8 Å². The number of carbonyl (C=O) groups excluding carboxylic acids is 2. The summed E-state index contributed by atoms with van der Waals surface area (Å²) in [6, 6.07) is 0. The lowest BCUT2D eigenvalue weighted by atomic mass is 9.89. The van der Waals surface area contributed by atoms with Gasteiger partial charge in [-0.05, 0) is 31.6 Å². The molecule has 0 radical (unpaired) electrons.